The second-order valence-corrected chi connectivity index (χ2v) is 8.75. The van der Waals surface area contributed by atoms with Crippen LogP contribution < -0.4 is 0 Å². The fourth-order valence-electron chi connectivity index (χ4n) is 3.95. The Morgan fingerprint density at radius 1 is 1.22 bits per heavy atom. The third-order valence-corrected chi connectivity index (χ3v) is 6.34. The highest BCUT2D eigenvalue weighted by Crippen LogP contribution is 2.46. The minimum Gasteiger partial charge on any atom is -0.252 e. The Kier molecular flexibility index (Phi) is 6.30. The van der Waals surface area contributed by atoms with Crippen molar-refractivity contribution in [3.8, 4) is 11.3 Å². The molecule has 1 aliphatic carbocycles. The first-order valence-electron chi connectivity index (χ1n) is 9.60. The molecule has 2 aromatic rings. The first-order chi connectivity index (χ1) is 13.0. The topological polar surface area (TPSA) is 25.8 Å². The molecule has 27 heavy (non-hydrogen) atoms. The zero-order chi connectivity index (χ0) is 19.4. The molecule has 0 N–H and O–H groups in total. The van der Waals surface area contributed by atoms with E-state index in [9.17, 15) is 0 Å². The Balaban J connectivity index is 2.06. The van der Waals surface area contributed by atoms with Gasteiger partial charge < -0.3 is 0 Å². The van der Waals surface area contributed by atoms with Gasteiger partial charge in [-0.05, 0) is 71.6 Å². The van der Waals surface area contributed by atoms with Crippen LogP contribution in [0.3, 0.4) is 0 Å². The smallest absolute Gasteiger partial charge is 0.0965 e. The molecule has 0 aliphatic heterocycles. The number of aromatic nitrogens is 2. The third kappa shape index (κ3) is 4.23. The molecule has 0 saturated heterocycles. The van der Waals surface area contributed by atoms with Gasteiger partial charge in [-0.3, -0.25) is 4.98 Å². The number of halogens is 1. The fourth-order valence-corrected chi connectivity index (χ4v) is 4.49. The van der Waals surface area contributed by atoms with Crippen LogP contribution in [0.25, 0.3) is 22.9 Å². The van der Waals surface area contributed by atoms with E-state index in [1.165, 1.54) is 41.2 Å². The lowest BCUT2D eigenvalue weighted by Crippen LogP contribution is -2.23. The van der Waals surface area contributed by atoms with E-state index in [1.54, 1.807) is 6.08 Å². The predicted molar refractivity (Wildman–Crippen MR) is 124 cm³/mol. The van der Waals surface area contributed by atoms with Gasteiger partial charge >= 0.3 is 0 Å². The molecule has 1 aromatic carbocycles. The van der Waals surface area contributed by atoms with Crippen molar-refractivity contribution in [3.63, 3.8) is 0 Å². The lowest BCUT2D eigenvalue weighted by atomic mass is 9.68. The highest BCUT2D eigenvalue weighted by atomic mass is 127. The van der Waals surface area contributed by atoms with Crippen LogP contribution in [0, 0.1) is 8.99 Å². The molecule has 3 rings (SSSR count). The van der Waals surface area contributed by atoms with Crippen molar-refractivity contribution in [2.45, 2.75) is 46.0 Å². The van der Waals surface area contributed by atoms with Crippen molar-refractivity contribution < 1.29 is 0 Å². The number of nitrogens with zero attached hydrogens (tertiary/aromatic N) is 2. The largest absolute Gasteiger partial charge is 0.252 e. The number of benzene rings is 1. The minimum absolute atomic E-state index is 0.137. The molecule has 3 heteroatoms. The van der Waals surface area contributed by atoms with Crippen LogP contribution in [0.15, 0.2) is 55.3 Å². The maximum atomic E-state index is 5.01. The fraction of sp³-hybridized carbons (Fsp3) is 0.333. The summed E-state index contributed by atoms with van der Waals surface area (Å²) in [6.07, 6.45) is 12.0. The molecule has 1 fully saturated rings. The Labute approximate surface area is 176 Å². The molecule has 0 unspecified atom stereocenters. The van der Waals surface area contributed by atoms with Gasteiger partial charge in [0, 0.05) is 14.7 Å². The maximum absolute atomic E-state index is 5.01. The molecule has 0 radical (unpaired) electrons. The monoisotopic (exact) mass is 470 g/mol. The van der Waals surface area contributed by atoms with Crippen molar-refractivity contribution >= 4 is 34.2 Å². The Morgan fingerprint density at radius 2 is 1.96 bits per heavy atom. The van der Waals surface area contributed by atoms with Crippen LogP contribution >= 0.6 is 22.6 Å². The third-order valence-electron chi connectivity index (χ3n) is 5.67. The van der Waals surface area contributed by atoms with Gasteiger partial charge in [0.2, 0.25) is 0 Å². The molecular weight excluding hydrogens is 443 g/mol. The maximum Gasteiger partial charge on any atom is 0.0965 e. The van der Waals surface area contributed by atoms with E-state index in [0.717, 1.165) is 28.2 Å². The van der Waals surface area contributed by atoms with Gasteiger partial charge in [0.15, 0.2) is 0 Å². The van der Waals surface area contributed by atoms with Crippen LogP contribution in [0.5, 0.6) is 0 Å². The van der Waals surface area contributed by atoms with Crippen LogP contribution in [-0.4, -0.2) is 9.97 Å². The molecule has 0 amide bonds. The van der Waals surface area contributed by atoms with Crippen molar-refractivity contribution in [1.29, 1.82) is 0 Å². The Morgan fingerprint density at radius 3 is 2.59 bits per heavy atom. The van der Waals surface area contributed by atoms with E-state index in [2.05, 4.69) is 84.9 Å². The second kappa shape index (κ2) is 8.51. The van der Waals surface area contributed by atoms with Crippen LogP contribution in [0.1, 0.15) is 57.3 Å². The molecular formula is C24H27IN2. The van der Waals surface area contributed by atoms with Crippen molar-refractivity contribution in [3.05, 3.63) is 70.2 Å². The number of hydrogen-bond acceptors (Lipinski definition) is 2. The van der Waals surface area contributed by atoms with Crippen molar-refractivity contribution in [2.75, 3.05) is 0 Å². The molecule has 2 nitrogen and oxygen atoms in total. The van der Waals surface area contributed by atoms with Crippen LogP contribution in [-0.2, 0) is 0 Å². The lowest BCUT2D eigenvalue weighted by molar-refractivity contribution is 0.275. The Hall–Kier alpha value is -1.75. The summed E-state index contributed by atoms with van der Waals surface area (Å²) >= 11 is 2.33. The zero-order valence-electron chi connectivity index (χ0n) is 16.3. The molecule has 1 aliphatic rings. The first kappa shape index (κ1) is 20.0. The molecule has 0 atom stereocenters. The summed E-state index contributed by atoms with van der Waals surface area (Å²) in [7, 11) is 0. The average Bonchev–Trinajstić information content (AvgIpc) is 2.69. The molecule has 0 bridgehead atoms. The van der Waals surface area contributed by atoms with Gasteiger partial charge in [0.1, 0.15) is 0 Å². The summed E-state index contributed by atoms with van der Waals surface area (Å²) in [5, 5.41) is 0. The van der Waals surface area contributed by atoms with E-state index in [4.69, 9.17) is 4.98 Å². The summed E-state index contributed by atoms with van der Waals surface area (Å²) in [5.41, 5.74) is 6.10. The zero-order valence-corrected chi connectivity index (χ0v) is 18.4. The Bertz CT molecular complexity index is 889. The molecule has 1 heterocycles. The SMILES string of the molecule is C=Cc1ncc(-c2cccc(I)c2)nc1/C(=C\C)C(=C)C1(C)CCCCC1. The van der Waals surface area contributed by atoms with Gasteiger partial charge in [-0.15, -0.1) is 0 Å². The minimum atomic E-state index is 0.137. The standard InChI is InChI=1S/C24H27IN2/c1-5-20(17(3)24(4)13-8-7-9-14-24)23-21(6-2)26-16-22(27-23)18-11-10-12-19(25)15-18/h5-6,10-12,15-16H,2-3,7-9,13-14H2,1,4H3/b20-5-. The normalized spacial score (nSPS) is 16.8. The van der Waals surface area contributed by atoms with Crippen LogP contribution in [0.4, 0.5) is 0 Å². The van der Waals surface area contributed by atoms with E-state index < -0.39 is 0 Å². The molecule has 1 saturated carbocycles. The van der Waals surface area contributed by atoms with E-state index >= 15 is 0 Å². The molecule has 1 aromatic heterocycles. The summed E-state index contributed by atoms with van der Waals surface area (Å²) in [4.78, 5) is 9.66. The lowest BCUT2D eigenvalue weighted by Gasteiger charge is -2.36. The van der Waals surface area contributed by atoms with Gasteiger partial charge in [-0.25, -0.2) is 4.98 Å². The van der Waals surface area contributed by atoms with E-state index in [-0.39, 0.29) is 5.41 Å². The highest BCUT2D eigenvalue weighted by molar-refractivity contribution is 14.1. The first-order valence-corrected chi connectivity index (χ1v) is 10.7. The summed E-state index contributed by atoms with van der Waals surface area (Å²) in [6, 6.07) is 8.35. The van der Waals surface area contributed by atoms with Gasteiger partial charge in [0.25, 0.3) is 0 Å². The number of allylic oxidation sites excluding steroid dienone is 3. The summed E-state index contributed by atoms with van der Waals surface area (Å²) in [6.45, 7) is 12.9. The number of hydrogen-bond donors (Lipinski definition) is 0. The quantitative estimate of drug-likeness (QED) is 0.338. The second-order valence-electron chi connectivity index (χ2n) is 7.51. The van der Waals surface area contributed by atoms with Crippen molar-refractivity contribution in [2.24, 2.45) is 5.41 Å². The summed E-state index contributed by atoms with van der Waals surface area (Å²) < 4.78 is 1.19. The van der Waals surface area contributed by atoms with Gasteiger partial charge in [-0.2, -0.15) is 0 Å². The summed E-state index contributed by atoms with van der Waals surface area (Å²) in [5.74, 6) is 0. The van der Waals surface area contributed by atoms with Gasteiger partial charge in [0.05, 0.1) is 23.3 Å². The molecule has 0 spiro atoms. The van der Waals surface area contributed by atoms with E-state index in [1.807, 2.05) is 6.20 Å². The highest BCUT2D eigenvalue weighted by Gasteiger charge is 2.32. The average molecular weight is 470 g/mol. The predicted octanol–water partition coefficient (Wildman–Crippen LogP) is 7.32. The number of rotatable bonds is 5. The van der Waals surface area contributed by atoms with Crippen molar-refractivity contribution in [1.82, 2.24) is 9.97 Å². The van der Waals surface area contributed by atoms with E-state index in [0.29, 0.717) is 0 Å². The van der Waals surface area contributed by atoms with Gasteiger partial charge in [-0.1, -0.05) is 57.6 Å². The molecule has 140 valence electrons. The van der Waals surface area contributed by atoms with Crippen LogP contribution in [0.2, 0.25) is 0 Å².